The first kappa shape index (κ1) is 14.1. The van der Waals surface area contributed by atoms with E-state index in [9.17, 15) is 4.79 Å². The normalized spacial score (nSPS) is 9.80. The zero-order valence-corrected chi connectivity index (χ0v) is 12.3. The Bertz CT molecular complexity index is 684. The first-order valence-corrected chi connectivity index (χ1v) is 6.52. The maximum absolute atomic E-state index is 10.9. The van der Waals surface area contributed by atoms with E-state index in [0.717, 1.165) is 0 Å². The number of ether oxygens (including phenoxy) is 1. The molecule has 7 heteroatoms. The minimum atomic E-state index is -0.559. The number of pyridine rings is 1. The van der Waals surface area contributed by atoms with Gasteiger partial charge in [-0.15, -0.1) is 0 Å². The molecule has 0 bridgehead atoms. The molecule has 0 aliphatic carbocycles. The van der Waals surface area contributed by atoms with Crippen LogP contribution in [-0.2, 0) is 0 Å². The Morgan fingerprint density at radius 2 is 2.15 bits per heavy atom. The van der Waals surface area contributed by atoms with Gasteiger partial charge in [-0.25, -0.2) is 4.98 Å². The van der Waals surface area contributed by atoms with Crippen molar-refractivity contribution in [2.24, 2.45) is 5.73 Å². The van der Waals surface area contributed by atoms with Crippen LogP contribution in [0.15, 0.2) is 30.5 Å². The lowest BCUT2D eigenvalue weighted by Gasteiger charge is -2.10. The van der Waals surface area contributed by atoms with Gasteiger partial charge >= 0.3 is 0 Å². The summed E-state index contributed by atoms with van der Waals surface area (Å²) in [6.45, 7) is 0. The summed E-state index contributed by atoms with van der Waals surface area (Å²) in [4.78, 5) is 14.9. The van der Waals surface area contributed by atoms with Gasteiger partial charge in [0.05, 0.1) is 26.5 Å². The van der Waals surface area contributed by atoms with Crippen molar-refractivity contribution in [2.75, 3.05) is 5.73 Å². The molecule has 1 aromatic heterocycles. The fourth-order valence-corrected chi connectivity index (χ4v) is 2.23. The van der Waals surface area contributed by atoms with Crippen molar-refractivity contribution in [1.29, 1.82) is 5.26 Å². The van der Waals surface area contributed by atoms with E-state index < -0.39 is 5.91 Å². The van der Waals surface area contributed by atoms with E-state index in [1.807, 2.05) is 28.7 Å². The van der Waals surface area contributed by atoms with Crippen molar-refractivity contribution in [1.82, 2.24) is 4.98 Å². The lowest BCUT2D eigenvalue weighted by atomic mass is 10.2. The van der Waals surface area contributed by atoms with Gasteiger partial charge in [0.15, 0.2) is 5.75 Å². The molecule has 0 spiro atoms. The number of rotatable bonds is 3. The molecule has 2 aromatic rings. The number of hydrogen-bond donors (Lipinski definition) is 2. The zero-order valence-electron chi connectivity index (χ0n) is 10.1. The Balaban J connectivity index is 2.31. The van der Waals surface area contributed by atoms with E-state index >= 15 is 0 Å². The molecule has 0 aliphatic heterocycles. The second-order valence-electron chi connectivity index (χ2n) is 3.84. The van der Waals surface area contributed by atoms with Gasteiger partial charge in [0, 0.05) is 12.3 Å². The molecule has 1 heterocycles. The molecule has 0 radical (unpaired) electrons. The largest absolute Gasteiger partial charge is 0.436 e. The van der Waals surface area contributed by atoms with E-state index in [-0.39, 0.29) is 5.88 Å². The van der Waals surface area contributed by atoms with Crippen LogP contribution in [0.1, 0.15) is 15.9 Å². The average molecular weight is 380 g/mol. The Morgan fingerprint density at radius 3 is 2.65 bits per heavy atom. The van der Waals surface area contributed by atoms with Gasteiger partial charge in [-0.05, 0) is 40.8 Å². The highest BCUT2D eigenvalue weighted by Crippen LogP contribution is 2.32. The van der Waals surface area contributed by atoms with E-state index in [0.29, 0.717) is 26.1 Å². The zero-order chi connectivity index (χ0) is 14.7. The lowest BCUT2D eigenvalue weighted by Crippen LogP contribution is -2.11. The van der Waals surface area contributed by atoms with Gasteiger partial charge < -0.3 is 16.2 Å². The van der Waals surface area contributed by atoms with Crippen molar-refractivity contribution in [3.63, 3.8) is 0 Å². The lowest BCUT2D eigenvalue weighted by molar-refractivity contribution is 0.1000. The Hall–Kier alpha value is -2.34. The summed E-state index contributed by atoms with van der Waals surface area (Å²) >= 11 is 2.02. The smallest absolute Gasteiger partial charge is 0.250 e. The summed E-state index contributed by atoms with van der Waals surface area (Å²) in [5, 5.41) is 8.84. The number of primary amides is 1. The molecule has 0 saturated carbocycles. The van der Waals surface area contributed by atoms with Gasteiger partial charge in [-0.2, -0.15) is 5.26 Å². The molecule has 20 heavy (non-hydrogen) atoms. The number of anilines is 1. The molecule has 0 unspecified atom stereocenters. The summed E-state index contributed by atoms with van der Waals surface area (Å²) in [6, 6.07) is 8.23. The number of nitrogen functional groups attached to an aromatic ring is 1. The second-order valence-corrected chi connectivity index (χ2v) is 5.00. The Kier molecular flexibility index (Phi) is 4.05. The van der Waals surface area contributed by atoms with Crippen LogP contribution in [0.4, 0.5) is 5.69 Å². The molecule has 0 saturated heterocycles. The number of halogens is 1. The van der Waals surface area contributed by atoms with Crippen molar-refractivity contribution in [3.05, 3.63) is 45.2 Å². The molecule has 6 nitrogen and oxygen atoms in total. The van der Waals surface area contributed by atoms with Crippen LogP contribution < -0.4 is 16.2 Å². The summed E-state index contributed by atoms with van der Waals surface area (Å²) in [6.07, 6.45) is 1.32. The van der Waals surface area contributed by atoms with Gasteiger partial charge in [0.1, 0.15) is 0 Å². The number of carbonyl (C=O) groups is 1. The topological polar surface area (TPSA) is 115 Å². The molecule has 1 amide bonds. The number of nitrogens with two attached hydrogens (primary N) is 2. The number of carbonyl (C=O) groups excluding carboxylic acids is 1. The van der Waals surface area contributed by atoms with Crippen LogP contribution in [0, 0.1) is 14.9 Å². The van der Waals surface area contributed by atoms with Crippen molar-refractivity contribution >= 4 is 34.2 Å². The first-order valence-electron chi connectivity index (χ1n) is 5.44. The first-order chi connectivity index (χ1) is 9.51. The Labute approximate surface area is 128 Å². The second kappa shape index (κ2) is 5.75. The van der Waals surface area contributed by atoms with E-state index in [2.05, 4.69) is 4.98 Å². The van der Waals surface area contributed by atoms with Gasteiger partial charge in [-0.3, -0.25) is 4.79 Å². The quantitative estimate of drug-likeness (QED) is 0.625. The number of hydrogen-bond acceptors (Lipinski definition) is 5. The predicted octanol–water partition coefficient (Wildman–Crippen LogP) is 2.03. The number of benzene rings is 1. The highest BCUT2D eigenvalue weighted by molar-refractivity contribution is 14.1. The van der Waals surface area contributed by atoms with Crippen LogP contribution in [0.2, 0.25) is 0 Å². The minimum Gasteiger partial charge on any atom is -0.436 e. The van der Waals surface area contributed by atoms with E-state index in [1.165, 1.54) is 24.4 Å². The summed E-state index contributed by atoms with van der Waals surface area (Å²) in [5.74, 6) is 0.143. The third-order valence-corrected chi connectivity index (χ3v) is 3.23. The van der Waals surface area contributed by atoms with Crippen molar-refractivity contribution < 1.29 is 9.53 Å². The molecular weight excluding hydrogens is 371 g/mol. The van der Waals surface area contributed by atoms with Crippen LogP contribution in [0.25, 0.3) is 0 Å². The minimum absolute atomic E-state index is 0.282. The molecule has 4 N–H and O–H groups in total. The van der Waals surface area contributed by atoms with Gasteiger partial charge in [0.2, 0.25) is 11.8 Å². The maximum atomic E-state index is 10.9. The molecule has 0 aliphatic rings. The molecule has 100 valence electrons. The third-order valence-electron chi connectivity index (χ3n) is 2.43. The third kappa shape index (κ3) is 2.97. The standard InChI is InChI=1S/C13H9IN4O2/c14-9-3-7(5-15)4-10(16)12(9)20-11-2-1-8(6-18-11)13(17)19/h1-4,6H,16H2,(H2,17,19). The SMILES string of the molecule is N#Cc1cc(N)c(Oc2ccc(C(N)=O)cn2)c(I)c1. The van der Waals surface area contributed by atoms with Crippen LogP contribution in [0.3, 0.4) is 0 Å². The molecule has 1 aromatic carbocycles. The number of aromatic nitrogens is 1. The summed E-state index contributed by atoms with van der Waals surface area (Å²) in [5.41, 5.74) is 12.1. The van der Waals surface area contributed by atoms with E-state index in [1.54, 1.807) is 6.07 Å². The summed E-state index contributed by atoms with van der Waals surface area (Å²) < 4.78 is 6.26. The number of amides is 1. The fourth-order valence-electron chi connectivity index (χ4n) is 1.48. The highest BCUT2D eigenvalue weighted by atomic mass is 127. The number of nitrogens with zero attached hydrogens (tertiary/aromatic N) is 2. The molecular formula is C13H9IN4O2. The van der Waals surface area contributed by atoms with Crippen LogP contribution in [0.5, 0.6) is 11.6 Å². The Morgan fingerprint density at radius 1 is 1.40 bits per heavy atom. The highest BCUT2D eigenvalue weighted by Gasteiger charge is 2.11. The van der Waals surface area contributed by atoms with E-state index in [4.69, 9.17) is 21.5 Å². The van der Waals surface area contributed by atoms with Crippen molar-refractivity contribution in [2.45, 2.75) is 0 Å². The maximum Gasteiger partial charge on any atom is 0.250 e. The van der Waals surface area contributed by atoms with Crippen LogP contribution >= 0.6 is 22.6 Å². The predicted molar refractivity (Wildman–Crippen MR) is 81.1 cm³/mol. The van der Waals surface area contributed by atoms with Crippen molar-refractivity contribution in [3.8, 4) is 17.7 Å². The number of nitriles is 1. The fraction of sp³-hybridized carbons (Fsp3) is 0. The molecule has 2 rings (SSSR count). The van der Waals surface area contributed by atoms with Gasteiger partial charge in [0.25, 0.3) is 0 Å². The summed E-state index contributed by atoms with van der Waals surface area (Å²) in [7, 11) is 0. The van der Waals surface area contributed by atoms with Gasteiger partial charge in [-0.1, -0.05) is 0 Å². The molecule has 0 fully saturated rings. The molecule has 0 atom stereocenters. The average Bonchev–Trinajstić information content (AvgIpc) is 2.43. The van der Waals surface area contributed by atoms with Crippen LogP contribution in [-0.4, -0.2) is 10.9 Å². The monoisotopic (exact) mass is 380 g/mol.